The van der Waals surface area contributed by atoms with Crippen molar-refractivity contribution in [3.8, 4) is 5.75 Å². The molecule has 0 spiro atoms. The number of hydrogen-bond donors (Lipinski definition) is 1. The van der Waals surface area contributed by atoms with Gasteiger partial charge in [-0.25, -0.2) is 4.90 Å². The van der Waals surface area contributed by atoms with Gasteiger partial charge in [-0.15, -0.1) is 0 Å². The second-order valence-corrected chi connectivity index (χ2v) is 7.36. The maximum absolute atomic E-state index is 13.4. The third-order valence-electron chi connectivity index (χ3n) is 4.92. The molecule has 0 unspecified atom stereocenters. The topological polar surface area (TPSA) is 70.1 Å². The molecule has 0 radical (unpaired) electrons. The van der Waals surface area contributed by atoms with E-state index in [-0.39, 0.29) is 18.8 Å². The van der Waals surface area contributed by atoms with Gasteiger partial charge < -0.3 is 14.7 Å². The first-order valence-corrected chi connectivity index (χ1v) is 9.54. The van der Waals surface area contributed by atoms with Crippen LogP contribution in [0, 0.1) is 13.8 Å². The normalized spacial score (nSPS) is 14.1. The largest absolute Gasteiger partial charge is 0.495 e. The Bertz CT molecular complexity index is 1020. The van der Waals surface area contributed by atoms with Gasteiger partial charge in [0.05, 0.1) is 30.0 Å². The van der Waals surface area contributed by atoms with Crippen LogP contribution in [0.1, 0.15) is 16.7 Å². The van der Waals surface area contributed by atoms with Crippen LogP contribution in [0.4, 0.5) is 5.69 Å². The number of halogens is 1. The average molecular weight is 415 g/mol. The zero-order valence-electron chi connectivity index (χ0n) is 16.8. The third kappa shape index (κ3) is 3.73. The van der Waals surface area contributed by atoms with E-state index in [4.69, 9.17) is 16.3 Å². The Labute approximate surface area is 174 Å². The van der Waals surface area contributed by atoms with Crippen molar-refractivity contribution in [1.82, 2.24) is 4.90 Å². The lowest BCUT2D eigenvalue weighted by molar-refractivity contribution is -0.120. The number of carbonyl (C=O) groups excluding carboxylic acids is 2. The van der Waals surface area contributed by atoms with E-state index in [1.165, 1.54) is 13.2 Å². The number of aliphatic hydroxyl groups is 1. The predicted octanol–water partition coefficient (Wildman–Crippen LogP) is 3.17. The van der Waals surface area contributed by atoms with E-state index >= 15 is 0 Å². The van der Waals surface area contributed by atoms with Crippen molar-refractivity contribution in [1.29, 1.82) is 0 Å². The van der Waals surface area contributed by atoms with E-state index in [1.54, 1.807) is 24.1 Å². The summed E-state index contributed by atoms with van der Waals surface area (Å²) in [6, 6.07) is 10.5. The van der Waals surface area contributed by atoms with Crippen molar-refractivity contribution in [3.05, 3.63) is 63.8 Å². The second-order valence-electron chi connectivity index (χ2n) is 6.95. The van der Waals surface area contributed by atoms with Crippen molar-refractivity contribution in [2.75, 3.05) is 32.2 Å². The molecule has 2 aromatic rings. The van der Waals surface area contributed by atoms with Gasteiger partial charge in [0.1, 0.15) is 11.4 Å². The summed E-state index contributed by atoms with van der Waals surface area (Å²) in [5, 5.41) is 9.67. The molecule has 0 aromatic heterocycles. The summed E-state index contributed by atoms with van der Waals surface area (Å²) >= 11 is 6.22. The first-order chi connectivity index (χ1) is 13.8. The summed E-state index contributed by atoms with van der Waals surface area (Å²) < 4.78 is 5.16. The van der Waals surface area contributed by atoms with Crippen molar-refractivity contribution in [2.24, 2.45) is 0 Å². The Balaban J connectivity index is 2.15. The molecule has 2 amide bonds. The zero-order chi connectivity index (χ0) is 21.3. The standard InChI is InChI=1S/C22H23ClN2O4/c1-13-5-7-16(14(2)11-13)19-20(24(3)9-10-26)22(28)25(21(19)27)15-6-8-18(29-4)17(23)12-15/h5-8,11-12,26H,9-10H2,1-4H3. The fraction of sp³-hybridized carbons (Fsp3) is 0.273. The Morgan fingerprint density at radius 1 is 1.10 bits per heavy atom. The van der Waals surface area contributed by atoms with E-state index in [0.29, 0.717) is 27.6 Å². The summed E-state index contributed by atoms with van der Waals surface area (Å²) in [5.74, 6) is -0.431. The number of nitrogens with zero attached hydrogens (tertiary/aromatic N) is 2. The molecule has 0 bridgehead atoms. The van der Waals surface area contributed by atoms with Crippen LogP contribution in [0.5, 0.6) is 5.75 Å². The van der Waals surface area contributed by atoms with E-state index in [1.807, 2.05) is 32.0 Å². The SMILES string of the molecule is COc1ccc(N2C(=O)C(c3ccc(C)cc3C)=C(N(C)CCO)C2=O)cc1Cl. The number of aliphatic hydroxyl groups excluding tert-OH is 1. The highest BCUT2D eigenvalue weighted by molar-refractivity contribution is 6.45. The molecule has 0 saturated heterocycles. The van der Waals surface area contributed by atoms with Gasteiger partial charge in [-0.05, 0) is 43.2 Å². The van der Waals surface area contributed by atoms with Crippen LogP contribution < -0.4 is 9.64 Å². The zero-order valence-corrected chi connectivity index (χ0v) is 17.6. The summed E-state index contributed by atoms with van der Waals surface area (Å²) in [6.07, 6.45) is 0. The fourth-order valence-corrected chi connectivity index (χ4v) is 3.75. The number of anilines is 1. The predicted molar refractivity (Wildman–Crippen MR) is 113 cm³/mol. The number of hydrogen-bond acceptors (Lipinski definition) is 5. The highest BCUT2D eigenvalue weighted by atomic mass is 35.5. The minimum atomic E-state index is -0.456. The van der Waals surface area contributed by atoms with E-state index in [2.05, 4.69) is 0 Å². The van der Waals surface area contributed by atoms with Crippen molar-refractivity contribution < 1.29 is 19.4 Å². The summed E-state index contributed by atoms with van der Waals surface area (Å²) in [5.41, 5.74) is 3.58. The van der Waals surface area contributed by atoms with Gasteiger partial charge in [0, 0.05) is 13.6 Å². The number of imide groups is 1. The van der Waals surface area contributed by atoms with Crippen LogP contribution in [0.25, 0.3) is 5.57 Å². The second kappa shape index (κ2) is 8.27. The molecule has 3 rings (SSSR count). The molecule has 1 aliphatic rings. The van der Waals surface area contributed by atoms with Gasteiger partial charge >= 0.3 is 0 Å². The molecule has 0 saturated carbocycles. The molecule has 0 aliphatic carbocycles. The molecular formula is C22H23ClN2O4. The number of ether oxygens (including phenoxy) is 1. The van der Waals surface area contributed by atoms with Crippen LogP contribution in [0.2, 0.25) is 5.02 Å². The maximum Gasteiger partial charge on any atom is 0.282 e. The molecule has 0 atom stereocenters. The van der Waals surface area contributed by atoms with Crippen LogP contribution in [-0.4, -0.2) is 49.1 Å². The van der Waals surface area contributed by atoms with Crippen molar-refractivity contribution in [3.63, 3.8) is 0 Å². The number of methoxy groups -OCH3 is 1. The van der Waals surface area contributed by atoms with Crippen LogP contribution in [0.3, 0.4) is 0 Å². The van der Waals surface area contributed by atoms with Gasteiger partial charge in [0.25, 0.3) is 11.8 Å². The molecule has 29 heavy (non-hydrogen) atoms. The average Bonchev–Trinajstić information content (AvgIpc) is 2.92. The first kappa shape index (κ1) is 20.9. The quantitative estimate of drug-likeness (QED) is 0.735. The molecule has 7 heteroatoms. The van der Waals surface area contributed by atoms with Gasteiger partial charge in [0.15, 0.2) is 0 Å². The van der Waals surface area contributed by atoms with E-state index in [9.17, 15) is 14.7 Å². The van der Waals surface area contributed by atoms with E-state index in [0.717, 1.165) is 16.0 Å². The summed E-state index contributed by atoms with van der Waals surface area (Å²) in [7, 11) is 3.18. The minimum Gasteiger partial charge on any atom is -0.495 e. The molecule has 1 aliphatic heterocycles. The summed E-state index contributed by atoms with van der Waals surface area (Å²) in [6.45, 7) is 3.96. The van der Waals surface area contributed by atoms with Gasteiger partial charge in [-0.3, -0.25) is 9.59 Å². The molecule has 6 nitrogen and oxygen atoms in total. The van der Waals surface area contributed by atoms with Crippen molar-refractivity contribution >= 4 is 34.7 Å². The number of rotatable bonds is 6. The fourth-order valence-electron chi connectivity index (χ4n) is 3.50. The monoisotopic (exact) mass is 414 g/mol. The number of amides is 2. The number of likely N-dealkylation sites (N-methyl/N-ethyl adjacent to an activating group) is 1. The third-order valence-corrected chi connectivity index (χ3v) is 5.22. The lowest BCUT2D eigenvalue weighted by Gasteiger charge is -2.20. The van der Waals surface area contributed by atoms with Crippen molar-refractivity contribution in [2.45, 2.75) is 13.8 Å². The maximum atomic E-state index is 13.4. The van der Waals surface area contributed by atoms with Gasteiger partial charge in [-0.2, -0.15) is 0 Å². The molecule has 0 fully saturated rings. The number of benzene rings is 2. The number of aryl methyl sites for hydroxylation is 2. The lowest BCUT2D eigenvalue weighted by Crippen LogP contribution is -2.34. The van der Waals surface area contributed by atoms with Crippen LogP contribution >= 0.6 is 11.6 Å². The molecule has 152 valence electrons. The Morgan fingerprint density at radius 3 is 2.41 bits per heavy atom. The van der Waals surface area contributed by atoms with Crippen LogP contribution in [-0.2, 0) is 9.59 Å². The van der Waals surface area contributed by atoms with E-state index < -0.39 is 11.8 Å². The Morgan fingerprint density at radius 2 is 1.83 bits per heavy atom. The smallest absolute Gasteiger partial charge is 0.282 e. The summed E-state index contributed by atoms with van der Waals surface area (Å²) in [4.78, 5) is 29.5. The Hall–Kier alpha value is -2.83. The molecule has 1 heterocycles. The first-order valence-electron chi connectivity index (χ1n) is 9.16. The highest BCUT2D eigenvalue weighted by Crippen LogP contribution is 2.38. The molecular weight excluding hydrogens is 392 g/mol. The van der Waals surface area contributed by atoms with Crippen LogP contribution in [0.15, 0.2) is 42.1 Å². The minimum absolute atomic E-state index is 0.143. The number of carbonyl (C=O) groups is 2. The highest BCUT2D eigenvalue weighted by Gasteiger charge is 2.42. The van der Waals surface area contributed by atoms with Gasteiger partial charge in [0.2, 0.25) is 0 Å². The lowest BCUT2D eigenvalue weighted by atomic mass is 9.97. The van der Waals surface area contributed by atoms with Gasteiger partial charge in [-0.1, -0.05) is 35.4 Å². The Kier molecular flexibility index (Phi) is 5.96. The molecule has 1 N–H and O–H groups in total. The molecule has 2 aromatic carbocycles.